The van der Waals surface area contributed by atoms with Crippen LogP contribution in [-0.2, 0) is 6.42 Å². The van der Waals surface area contributed by atoms with Crippen molar-refractivity contribution in [2.75, 3.05) is 18.5 Å². The number of rotatable bonds is 5. The van der Waals surface area contributed by atoms with Crippen LogP contribution in [-0.4, -0.2) is 29.7 Å². The highest BCUT2D eigenvalue weighted by Gasteiger charge is 2.11. The van der Waals surface area contributed by atoms with E-state index in [0.29, 0.717) is 10.8 Å². The first-order valence-electron chi connectivity index (χ1n) is 5.70. The summed E-state index contributed by atoms with van der Waals surface area (Å²) in [6.45, 7) is 0.777. The fourth-order valence-electron chi connectivity index (χ4n) is 1.67. The van der Waals surface area contributed by atoms with Gasteiger partial charge in [-0.15, -0.1) is 11.3 Å². The van der Waals surface area contributed by atoms with Gasteiger partial charge in [0.25, 0.3) is 0 Å². The summed E-state index contributed by atoms with van der Waals surface area (Å²) in [7, 11) is 1.89. The van der Waals surface area contributed by atoms with Gasteiger partial charge >= 0.3 is 5.97 Å². The molecule has 2 aromatic heterocycles. The molecule has 1 N–H and O–H groups in total. The second-order valence-corrected chi connectivity index (χ2v) is 5.52. The summed E-state index contributed by atoms with van der Waals surface area (Å²) < 4.78 is 0. The van der Waals surface area contributed by atoms with Crippen molar-refractivity contribution in [1.82, 2.24) is 4.98 Å². The van der Waals surface area contributed by atoms with Gasteiger partial charge in [-0.2, -0.15) is 0 Å². The maximum absolute atomic E-state index is 10.8. The van der Waals surface area contributed by atoms with Gasteiger partial charge < -0.3 is 10.0 Å². The van der Waals surface area contributed by atoms with Gasteiger partial charge in [-0.25, -0.2) is 9.78 Å². The number of hydrogen-bond acceptors (Lipinski definition) is 4. The number of aromatic carboxylic acids is 1. The number of carboxylic acid groups (broad SMARTS) is 1. The van der Waals surface area contributed by atoms with Crippen LogP contribution in [0.1, 0.15) is 15.2 Å². The lowest BCUT2D eigenvalue weighted by Gasteiger charge is -2.19. The maximum Gasteiger partial charge on any atom is 0.337 e. The number of carboxylic acids is 1. The zero-order valence-electron chi connectivity index (χ0n) is 10.3. The number of hydrogen-bond donors (Lipinski definition) is 1. The largest absolute Gasteiger partial charge is 0.478 e. The number of likely N-dealkylation sites (N-methyl/N-ethyl adjacent to an activating group) is 1. The highest BCUT2D eigenvalue weighted by atomic mass is 35.5. The summed E-state index contributed by atoms with van der Waals surface area (Å²) in [5, 5.41) is 11.3. The van der Waals surface area contributed by atoms with Crippen molar-refractivity contribution in [3.63, 3.8) is 0 Å². The Morgan fingerprint density at radius 3 is 2.95 bits per heavy atom. The number of pyridine rings is 1. The predicted octanol–water partition coefficient (Wildman–Crippen LogP) is 3.17. The Morgan fingerprint density at radius 2 is 2.37 bits per heavy atom. The maximum atomic E-state index is 10.8. The third-order valence-corrected chi connectivity index (χ3v) is 3.92. The quantitative estimate of drug-likeness (QED) is 0.921. The summed E-state index contributed by atoms with van der Waals surface area (Å²) in [6.07, 6.45) is 2.23. The zero-order chi connectivity index (χ0) is 13.8. The van der Waals surface area contributed by atoms with Crippen LogP contribution >= 0.6 is 22.9 Å². The Morgan fingerprint density at radius 1 is 1.58 bits per heavy atom. The van der Waals surface area contributed by atoms with E-state index in [0.717, 1.165) is 13.0 Å². The van der Waals surface area contributed by atoms with E-state index in [-0.39, 0.29) is 5.56 Å². The minimum Gasteiger partial charge on any atom is -0.478 e. The molecule has 0 amide bonds. The minimum atomic E-state index is -1.03. The average molecular weight is 297 g/mol. The van der Waals surface area contributed by atoms with Crippen molar-refractivity contribution in [3.8, 4) is 0 Å². The summed E-state index contributed by atoms with van der Waals surface area (Å²) in [6, 6.07) is 5.53. The van der Waals surface area contributed by atoms with Gasteiger partial charge in [0.15, 0.2) is 0 Å². The number of halogens is 1. The topological polar surface area (TPSA) is 53.4 Å². The van der Waals surface area contributed by atoms with Gasteiger partial charge in [0.2, 0.25) is 0 Å². The van der Waals surface area contributed by atoms with Gasteiger partial charge in [0.05, 0.1) is 10.6 Å². The van der Waals surface area contributed by atoms with Crippen LogP contribution in [0.15, 0.2) is 29.8 Å². The lowest BCUT2D eigenvalue weighted by atomic mass is 10.2. The van der Waals surface area contributed by atoms with Crippen LogP contribution in [0.3, 0.4) is 0 Å². The zero-order valence-corrected chi connectivity index (χ0v) is 11.9. The molecule has 0 aliphatic carbocycles. The van der Waals surface area contributed by atoms with Gasteiger partial charge in [-0.1, -0.05) is 17.7 Å². The van der Waals surface area contributed by atoms with E-state index in [1.807, 2.05) is 23.4 Å². The van der Waals surface area contributed by atoms with E-state index >= 15 is 0 Å². The van der Waals surface area contributed by atoms with Crippen LogP contribution in [0.2, 0.25) is 5.02 Å². The molecule has 0 saturated heterocycles. The molecule has 0 aliphatic rings. The first-order chi connectivity index (χ1) is 9.08. The van der Waals surface area contributed by atoms with Crippen molar-refractivity contribution >= 4 is 34.7 Å². The highest BCUT2D eigenvalue weighted by molar-refractivity contribution is 7.09. The summed E-state index contributed by atoms with van der Waals surface area (Å²) in [5.41, 5.74) is 0.0976. The van der Waals surface area contributed by atoms with Gasteiger partial charge in [0.1, 0.15) is 5.82 Å². The molecule has 0 aromatic carbocycles. The Labute approximate surface area is 120 Å². The lowest BCUT2D eigenvalue weighted by Crippen LogP contribution is -2.21. The van der Waals surface area contributed by atoms with E-state index < -0.39 is 5.97 Å². The number of carbonyl (C=O) groups is 1. The SMILES string of the molecule is CN(CCc1cccs1)c1ncc(C(=O)O)cc1Cl. The van der Waals surface area contributed by atoms with Crippen molar-refractivity contribution in [2.45, 2.75) is 6.42 Å². The molecule has 2 aromatic rings. The second-order valence-electron chi connectivity index (χ2n) is 4.09. The normalized spacial score (nSPS) is 10.4. The molecular weight excluding hydrogens is 284 g/mol. The summed E-state index contributed by atoms with van der Waals surface area (Å²) in [4.78, 5) is 18.1. The lowest BCUT2D eigenvalue weighted by molar-refractivity contribution is 0.0696. The van der Waals surface area contributed by atoms with Crippen molar-refractivity contribution in [2.24, 2.45) is 0 Å². The van der Waals surface area contributed by atoms with Crippen molar-refractivity contribution in [3.05, 3.63) is 45.2 Å². The van der Waals surface area contributed by atoms with E-state index in [1.54, 1.807) is 11.3 Å². The second kappa shape index (κ2) is 6.04. The average Bonchev–Trinajstić information content (AvgIpc) is 2.88. The predicted molar refractivity (Wildman–Crippen MR) is 77.5 cm³/mol. The smallest absolute Gasteiger partial charge is 0.337 e. The molecule has 0 atom stereocenters. The Kier molecular flexibility index (Phi) is 4.39. The molecule has 2 heterocycles. The Bertz CT molecular complexity index is 572. The summed E-state index contributed by atoms with van der Waals surface area (Å²) >= 11 is 7.78. The standard InChI is InChI=1S/C13H13ClN2O2S/c1-16(5-4-10-3-2-6-19-10)12-11(14)7-9(8-15-12)13(17)18/h2-3,6-8H,4-5H2,1H3,(H,17,18). The van der Waals surface area contributed by atoms with E-state index in [1.165, 1.54) is 17.1 Å². The summed E-state index contributed by atoms with van der Waals surface area (Å²) in [5.74, 6) is -0.426. The fraction of sp³-hybridized carbons (Fsp3) is 0.231. The number of nitrogens with zero attached hydrogens (tertiary/aromatic N) is 2. The van der Waals surface area contributed by atoms with Crippen molar-refractivity contribution in [1.29, 1.82) is 0 Å². The number of anilines is 1. The molecule has 0 aliphatic heterocycles. The third-order valence-electron chi connectivity index (χ3n) is 2.70. The van der Waals surface area contributed by atoms with Crippen LogP contribution in [0.5, 0.6) is 0 Å². The fourth-order valence-corrected chi connectivity index (χ4v) is 2.68. The van der Waals surface area contributed by atoms with Gasteiger partial charge in [0, 0.05) is 24.7 Å². The van der Waals surface area contributed by atoms with E-state index in [2.05, 4.69) is 11.1 Å². The molecule has 0 fully saturated rings. The van der Waals surface area contributed by atoms with Crippen molar-refractivity contribution < 1.29 is 9.90 Å². The van der Waals surface area contributed by atoms with Crippen LogP contribution < -0.4 is 4.90 Å². The molecule has 0 radical (unpaired) electrons. The van der Waals surface area contributed by atoms with Crippen LogP contribution in [0.25, 0.3) is 0 Å². The van der Waals surface area contributed by atoms with E-state index in [9.17, 15) is 4.79 Å². The molecular formula is C13H13ClN2O2S. The molecule has 4 nitrogen and oxygen atoms in total. The van der Waals surface area contributed by atoms with Crippen LogP contribution in [0.4, 0.5) is 5.82 Å². The van der Waals surface area contributed by atoms with Gasteiger partial charge in [-0.05, 0) is 23.9 Å². The first kappa shape index (κ1) is 13.8. The molecule has 0 bridgehead atoms. The molecule has 6 heteroatoms. The molecule has 0 unspecified atom stereocenters. The molecule has 0 spiro atoms. The van der Waals surface area contributed by atoms with Crippen LogP contribution in [0, 0.1) is 0 Å². The highest BCUT2D eigenvalue weighted by Crippen LogP contribution is 2.23. The minimum absolute atomic E-state index is 0.0976. The van der Waals surface area contributed by atoms with Gasteiger partial charge in [-0.3, -0.25) is 0 Å². The number of thiophene rings is 1. The Hall–Kier alpha value is -1.59. The molecule has 2 rings (SSSR count). The molecule has 0 saturated carbocycles. The van der Waals surface area contributed by atoms with E-state index in [4.69, 9.17) is 16.7 Å². The molecule has 19 heavy (non-hydrogen) atoms. The Balaban J connectivity index is 2.06. The number of aromatic nitrogens is 1. The first-order valence-corrected chi connectivity index (χ1v) is 6.96. The monoisotopic (exact) mass is 296 g/mol. The molecule has 100 valence electrons. The third kappa shape index (κ3) is 3.45.